The molecule has 6 aromatic rings. The summed E-state index contributed by atoms with van der Waals surface area (Å²) in [7, 11) is 0.624. The molecule has 4 aromatic heterocycles. The molecule has 13 nitrogen and oxygen atoms in total. The molecule has 0 bridgehead atoms. The molecule has 0 aliphatic rings. The molecule has 0 spiro atoms. The van der Waals surface area contributed by atoms with Crippen LogP contribution in [0.1, 0.15) is 35.4 Å². The van der Waals surface area contributed by atoms with Gasteiger partial charge in [0.05, 0.1) is 57.7 Å². The zero-order valence-corrected chi connectivity index (χ0v) is 32.8. The quantitative estimate of drug-likeness (QED) is 0.102. The van der Waals surface area contributed by atoms with Crippen LogP contribution in [0, 0.1) is 13.8 Å². The summed E-state index contributed by atoms with van der Waals surface area (Å²) in [6, 6.07) is 18.6. The van der Waals surface area contributed by atoms with Crippen LogP contribution in [0.2, 0.25) is 0 Å². The van der Waals surface area contributed by atoms with Gasteiger partial charge in [0, 0.05) is 74.1 Å². The van der Waals surface area contributed by atoms with Gasteiger partial charge in [0.2, 0.25) is 0 Å². The molecule has 2 aromatic carbocycles. The Hall–Kier alpha value is -3.77. The number of aromatic nitrogens is 6. The fourth-order valence-electron chi connectivity index (χ4n) is 4.84. The van der Waals surface area contributed by atoms with Gasteiger partial charge in [-0.3, -0.25) is 18.4 Å². The molecule has 52 heavy (non-hydrogen) atoms. The summed E-state index contributed by atoms with van der Waals surface area (Å²) < 4.78 is 46.8. The van der Waals surface area contributed by atoms with Crippen LogP contribution >= 0.6 is 0 Å². The van der Waals surface area contributed by atoms with Crippen LogP contribution in [-0.4, -0.2) is 97.5 Å². The molecule has 6 rings (SSSR count). The molecule has 0 amide bonds. The SMILES string of the molecule is COCCCOc1ccnc(C[S@@](=O)c2nc3ccccc3[n-]2)c1C.COCCCOc1ccnc(C[S@@](=O)c2nc3ccccc3[n-]2)c1C.O.[Mg+2]. The Morgan fingerprint density at radius 1 is 0.615 bits per heavy atom. The van der Waals surface area contributed by atoms with Gasteiger partial charge in [0.25, 0.3) is 0 Å². The van der Waals surface area contributed by atoms with Gasteiger partial charge in [0.15, 0.2) is 0 Å². The van der Waals surface area contributed by atoms with Crippen LogP contribution in [0.3, 0.4) is 0 Å². The number of methoxy groups -OCH3 is 2. The van der Waals surface area contributed by atoms with Gasteiger partial charge in [-0.25, -0.2) is 0 Å². The maximum atomic E-state index is 12.6. The molecule has 272 valence electrons. The first-order chi connectivity index (χ1) is 24.4. The molecular formula is C36H42MgN6O7S2. The summed E-state index contributed by atoms with van der Waals surface area (Å²) in [4.78, 5) is 26.1. The van der Waals surface area contributed by atoms with Gasteiger partial charge in [-0.15, -0.1) is 0 Å². The fraction of sp³-hybridized carbons (Fsp3) is 0.333. The molecule has 4 heterocycles. The number of pyridine rings is 2. The van der Waals surface area contributed by atoms with Crippen molar-refractivity contribution < 1.29 is 32.8 Å². The van der Waals surface area contributed by atoms with Crippen LogP contribution in [0.4, 0.5) is 0 Å². The topological polar surface area (TPSA) is 182 Å². The van der Waals surface area contributed by atoms with Crippen molar-refractivity contribution in [2.24, 2.45) is 0 Å². The Labute approximate surface area is 324 Å². The Bertz CT molecular complexity index is 1850. The average Bonchev–Trinajstić information content (AvgIpc) is 3.77. The molecule has 0 radical (unpaired) electrons. The molecule has 2 atom stereocenters. The minimum atomic E-state index is -1.35. The van der Waals surface area contributed by atoms with Crippen molar-refractivity contribution >= 4 is 66.7 Å². The number of hydrogen-bond donors (Lipinski definition) is 0. The third-order valence-corrected chi connectivity index (χ3v) is 9.84. The molecule has 0 fully saturated rings. The zero-order valence-electron chi connectivity index (χ0n) is 29.7. The molecule has 16 heteroatoms. The van der Waals surface area contributed by atoms with E-state index in [0.29, 0.717) is 36.7 Å². The molecule has 0 aliphatic heterocycles. The number of imidazole rings is 2. The van der Waals surface area contributed by atoms with Gasteiger partial charge in [-0.05, 0) is 48.0 Å². The number of hydrogen-bond acceptors (Lipinski definition) is 10. The molecule has 0 aliphatic carbocycles. The van der Waals surface area contributed by atoms with Crippen LogP contribution in [0.25, 0.3) is 22.1 Å². The predicted octanol–water partition coefficient (Wildman–Crippen LogP) is 4.03. The average molecular weight is 759 g/mol. The number of ether oxygens (including phenoxy) is 4. The number of nitrogens with zero attached hydrogens (tertiary/aromatic N) is 6. The summed E-state index contributed by atoms with van der Waals surface area (Å²) in [5.41, 5.74) is 6.27. The maximum Gasteiger partial charge on any atom is 2.00 e. The van der Waals surface area contributed by atoms with Gasteiger partial charge >= 0.3 is 23.1 Å². The van der Waals surface area contributed by atoms with E-state index in [2.05, 4.69) is 29.9 Å². The fourth-order valence-corrected chi connectivity index (χ4v) is 6.98. The third-order valence-electron chi connectivity index (χ3n) is 7.59. The number of fused-ring (bicyclic) bond motifs is 2. The first-order valence-corrected chi connectivity index (χ1v) is 18.7. The number of para-hydroxylation sites is 4. The van der Waals surface area contributed by atoms with Crippen LogP contribution in [0.15, 0.2) is 83.4 Å². The van der Waals surface area contributed by atoms with Crippen molar-refractivity contribution in [2.75, 3.05) is 40.6 Å². The Morgan fingerprint density at radius 2 is 1.02 bits per heavy atom. The summed E-state index contributed by atoms with van der Waals surface area (Å²) >= 11 is 0. The maximum absolute atomic E-state index is 12.6. The first kappa shape index (κ1) is 42.6. The van der Waals surface area contributed by atoms with E-state index in [-0.39, 0.29) is 40.0 Å². The van der Waals surface area contributed by atoms with E-state index in [0.717, 1.165) is 68.9 Å². The second-order valence-corrected chi connectivity index (χ2v) is 13.8. The standard InChI is InChI=1S/2C18H20N3O3S.Mg.H2O/c2*1-13-16(19-9-8-17(13)24-11-5-10-23-2)12-25(22)18-20-14-6-3-4-7-15(14)21-18;;/h2*3-4,6-9H,5,10-12H2,1-2H3;;1H2/q2*-1;+2;/t2*25-;;/m11../s1. The van der Waals surface area contributed by atoms with E-state index in [4.69, 9.17) is 18.9 Å². The number of benzene rings is 2. The van der Waals surface area contributed by atoms with Crippen molar-refractivity contribution in [3.05, 3.63) is 95.6 Å². The molecule has 0 saturated heterocycles. The van der Waals surface area contributed by atoms with E-state index in [1.54, 1.807) is 26.6 Å². The van der Waals surface area contributed by atoms with Crippen LogP contribution < -0.4 is 19.4 Å². The van der Waals surface area contributed by atoms with Crippen molar-refractivity contribution in [3.63, 3.8) is 0 Å². The zero-order chi connectivity index (χ0) is 35.3. The Morgan fingerprint density at radius 3 is 1.40 bits per heavy atom. The van der Waals surface area contributed by atoms with Gasteiger partial charge < -0.3 is 44.4 Å². The predicted molar refractivity (Wildman–Crippen MR) is 202 cm³/mol. The largest absolute Gasteiger partial charge is 2.00 e. The van der Waals surface area contributed by atoms with Gasteiger partial charge in [-0.2, -0.15) is 0 Å². The molecule has 0 unspecified atom stereocenters. The summed E-state index contributed by atoms with van der Waals surface area (Å²) in [5, 5.41) is 0.683. The summed E-state index contributed by atoms with van der Waals surface area (Å²) in [5.74, 6) is 2.04. The smallest absolute Gasteiger partial charge is 0.493 e. The molecular weight excluding hydrogens is 717 g/mol. The Balaban J connectivity index is 0.000000270. The number of rotatable bonds is 16. The van der Waals surface area contributed by atoms with Crippen LogP contribution in [-0.2, 0) is 42.6 Å². The second-order valence-electron chi connectivity index (χ2n) is 11.1. The monoisotopic (exact) mass is 758 g/mol. The Kier molecular flexibility index (Phi) is 17.8. The summed E-state index contributed by atoms with van der Waals surface area (Å²) in [6.45, 7) is 6.30. The van der Waals surface area contributed by atoms with E-state index in [1.165, 1.54) is 0 Å². The normalized spacial score (nSPS) is 11.9. The van der Waals surface area contributed by atoms with Gasteiger partial charge in [-0.1, -0.05) is 48.5 Å². The minimum Gasteiger partial charge on any atom is -0.493 e. The molecule has 2 N–H and O–H groups in total. The van der Waals surface area contributed by atoms with Crippen molar-refractivity contribution in [2.45, 2.75) is 48.5 Å². The van der Waals surface area contributed by atoms with Crippen LogP contribution in [0.5, 0.6) is 11.5 Å². The van der Waals surface area contributed by atoms with Crippen molar-refractivity contribution in [1.29, 1.82) is 0 Å². The van der Waals surface area contributed by atoms with E-state index < -0.39 is 21.6 Å². The van der Waals surface area contributed by atoms with Crippen molar-refractivity contribution in [1.82, 2.24) is 29.9 Å². The van der Waals surface area contributed by atoms with E-state index >= 15 is 0 Å². The van der Waals surface area contributed by atoms with E-state index in [1.807, 2.05) is 74.5 Å². The summed E-state index contributed by atoms with van der Waals surface area (Å²) in [6.07, 6.45) is 4.97. The van der Waals surface area contributed by atoms with Gasteiger partial charge in [0.1, 0.15) is 11.5 Å². The molecule has 0 saturated carbocycles. The minimum absolute atomic E-state index is 0. The van der Waals surface area contributed by atoms with Crippen molar-refractivity contribution in [3.8, 4) is 11.5 Å². The van der Waals surface area contributed by atoms with E-state index in [9.17, 15) is 8.42 Å². The third kappa shape index (κ3) is 11.6. The second kappa shape index (κ2) is 21.7. The first-order valence-electron chi connectivity index (χ1n) is 16.1.